The molecule has 1 aliphatic rings. The first-order valence-electron chi connectivity index (χ1n) is 9.97. The number of nitrogens with zero attached hydrogens (tertiary/aromatic N) is 1. The molecule has 0 fully saturated rings. The van der Waals surface area contributed by atoms with Crippen molar-refractivity contribution in [3.05, 3.63) is 94.1 Å². The summed E-state index contributed by atoms with van der Waals surface area (Å²) in [6, 6.07) is 13.0. The highest BCUT2D eigenvalue weighted by Gasteiger charge is 2.22. The van der Waals surface area contributed by atoms with E-state index in [4.69, 9.17) is 0 Å². The molecule has 0 bridgehead atoms. The molecule has 0 saturated heterocycles. The number of nitrogens with one attached hydrogen (secondary N) is 1. The van der Waals surface area contributed by atoms with Crippen LogP contribution in [0.5, 0.6) is 0 Å². The maximum Gasteiger partial charge on any atom is 0.0798 e. The first kappa shape index (κ1) is 21.1. The van der Waals surface area contributed by atoms with E-state index >= 15 is 0 Å². The van der Waals surface area contributed by atoms with E-state index in [1.807, 2.05) is 18.8 Å². The van der Waals surface area contributed by atoms with Crippen molar-refractivity contribution >= 4 is 28.7 Å². The van der Waals surface area contributed by atoms with Crippen LogP contribution < -0.4 is 10.2 Å². The third-order valence-corrected chi connectivity index (χ3v) is 6.48. The van der Waals surface area contributed by atoms with Crippen LogP contribution in [-0.4, -0.2) is 14.1 Å². The highest BCUT2D eigenvalue weighted by Crippen LogP contribution is 2.46. The van der Waals surface area contributed by atoms with Crippen LogP contribution in [0.25, 0.3) is 5.57 Å². The second kappa shape index (κ2) is 9.23. The van der Waals surface area contributed by atoms with Gasteiger partial charge in [-0.1, -0.05) is 59.8 Å². The first-order valence-corrected chi connectivity index (χ1v) is 10.8. The number of rotatable bonds is 5. The fraction of sp³-hybridized carbons (Fsp3) is 0.231. The second-order valence-electron chi connectivity index (χ2n) is 7.35. The molecule has 0 unspecified atom stereocenters. The summed E-state index contributed by atoms with van der Waals surface area (Å²) in [5.74, 6) is 0. The molecule has 0 spiro atoms. The Kier molecular flexibility index (Phi) is 6.71. The van der Waals surface area contributed by atoms with Gasteiger partial charge in [-0.05, 0) is 68.7 Å². The standard InChI is InChI=1S/C26H30N2S/c1-7-21(22-10-8-9-11-23(22)27-5)14-12-18(2)13-15-26-28(6)24-16-19(3)20(4)17-25(24)29-26/h7-17,27H,1-6H3/b14-12+,18-13+,21-7-,26-15-. The van der Waals surface area contributed by atoms with Crippen molar-refractivity contribution in [2.75, 3.05) is 24.3 Å². The van der Waals surface area contributed by atoms with E-state index in [9.17, 15) is 0 Å². The van der Waals surface area contributed by atoms with E-state index in [0.717, 1.165) is 5.69 Å². The van der Waals surface area contributed by atoms with Crippen LogP contribution in [0, 0.1) is 13.8 Å². The van der Waals surface area contributed by atoms with Crippen molar-refractivity contribution in [1.29, 1.82) is 0 Å². The number of hydrogen-bond donors (Lipinski definition) is 1. The van der Waals surface area contributed by atoms with E-state index in [-0.39, 0.29) is 0 Å². The lowest BCUT2D eigenvalue weighted by atomic mass is 10.0. The van der Waals surface area contributed by atoms with Crippen molar-refractivity contribution < 1.29 is 0 Å². The van der Waals surface area contributed by atoms with Gasteiger partial charge < -0.3 is 10.2 Å². The van der Waals surface area contributed by atoms with Crippen LogP contribution in [0.2, 0.25) is 0 Å². The lowest BCUT2D eigenvalue weighted by Gasteiger charge is -2.14. The molecule has 150 valence electrons. The van der Waals surface area contributed by atoms with Crippen molar-refractivity contribution in [2.24, 2.45) is 0 Å². The lowest BCUT2D eigenvalue weighted by molar-refractivity contribution is 1.15. The Morgan fingerprint density at radius 2 is 1.79 bits per heavy atom. The Labute approximate surface area is 179 Å². The molecule has 0 aromatic heterocycles. The maximum absolute atomic E-state index is 3.27. The van der Waals surface area contributed by atoms with Crippen LogP contribution in [-0.2, 0) is 0 Å². The molecule has 0 saturated carbocycles. The minimum absolute atomic E-state index is 1.14. The van der Waals surface area contributed by atoms with Gasteiger partial charge in [0, 0.05) is 30.2 Å². The summed E-state index contributed by atoms with van der Waals surface area (Å²) in [6.45, 7) is 8.58. The highest BCUT2D eigenvalue weighted by atomic mass is 32.2. The summed E-state index contributed by atoms with van der Waals surface area (Å²) in [7, 11) is 4.11. The molecule has 1 aliphatic heterocycles. The normalized spacial score (nSPS) is 16.1. The Morgan fingerprint density at radius 3 is 2.52 bits per heavy atom. The molecule has 1 heterocycles. The summed E-state index contributed by atoms with van der Waals surface area (Å²) in [4.78, 5) is 3.61. The zero-order chi connectivity index (χ0) is 21.0. The molecule has 0 atom stereocenters. The van der Waals surface area contributed by atoms with Gasteiger partial charge in [0.25, 0.3) is 0 Å². The van der Waals surface area contributed by atoms with E-state index in [2.05, 4.69) is 112 Å². The number of thioether (sulfide) groups is 1. The fourth-order valence-electron chi connectivity index (χ4n) is 3.34. The van der Waals surface area contributed by atoms with Crippen LogP contribution in [0.1, 0.15) is 30.5 Å². The van der Waals surface area contributed by atoms with Crippen LogP contribution in [0.4, 0.5) is 11.4 Å². The number of aryl methyl sites for hydroxylation is 2. The largest absolute Gasteiger partial charge is 0.388 e. The predicted molar refractivity (Wildman–Crippen MR) is 131 cm³/mol. The summed E-state index contributed by atoms with van der Waals surface area (Å²) >= 11 is 1.84. The molecule has 2 nitrogen and oxygen atoms in total. The molecule has 1 N–H and O–H groups in total. The van der Waals surface area contributed by atoms with E-state index in [0.29, 0.717) is 0 Å². The molecule has 29 heavy (non-hydrogen) atoms. The zero-order valence-corrected chi connectivity index (χ0v) is 19.0. The molecule has 0 radical (unpaired) electrons. The summed E-state index contributed by atoms with van der Waals surface area (Å²) in [6.07, 6.45) is 10.9. The Morgan fingerprint density at radius 1 is 1.07 bits per heavy atom. The van der Waals surface area contributed by atoms with Gasteiger partial charge in [-0.3, -0.25) is 0 Å². The van der Waals surface area contributed by atoms with E-state index < -0.39 is 0 Å². The minimum Gasteiger partial charge on any atom is -0.388 e. The topological polar surface area (TPSA) is 15.3 Å². The van der Waals surface area contributed by atoms with Gasteiger partial charge in [0.1, 0.15) is 0 Å². The monoisotopic (exact) mass is 402 g/mol. The molecule has 0 amide bonds. The predicted octanol–water partition coefficient (Wildman–Crippen LogP) is 7.33. The van der Waals surface area contributed by atoms with Crippen LogP contribution in [0.15, 0.2) is 82.3 Å². The van der Waals surface area contributed by atoms with E-state index in [1.54, 1.807) is 0 Å². The minimum atomic E-state index is 1.14. The van der Waals surface area contributed by atoms with Crippen molar-refractivity contribution in [3.8, 4) is 0 Å². The number of anilines is 2. The third-order valence-electron chi connectivity index (χ3n) is 5.31. The molecule has 3 heteroatoms. The van der Waals surface area contributed by atoms with Gasteiger partial charge in [-0.25, -0.2) is 0 Å². The molecule has 0 aliphatic carbocycles. The molecular weight excluding hydrogens is 372 g/mol. The van der Waals surface area contributed by atoms with Crippen molar-refractivity contribution in [1.82, 2.24) is 0 Å². The van der Waals surface area contributed by atoms with E-state index in [1.165, 1.54) is 43.4 Å². The van der Waals surface area contributed by atoms with Gasteiger partial charge in [-0.2, -0.15) is 0 Å². The Hall–Kier alpha value is -2.65. The highest BCUT2D eigenvalue weighted by molar-refractivity contribution is 8.03. The van der Waals surface area contributed by atoms with Gasteiger partial charge in [0.15, 0.2) is 0 Å². The number of benzene rings is 2. The molecule has 3 rings (SSSR count). The smallest absolute Gasteiger partial charge is 0.0798 e. The van der Waals surface area contributed by atoms with Gasteiger partial charge in [-0.15, -0.1) is 0 Å². The van der Waals surface area contributed by atoms with Gasteiger partial charge in [0.05, 0.1) is 10.7 Å². The third kappa shape index (κ3) is 4.68. The zero-order valence-electron chi connectivity index (χ0n) is 18.2. The Bertz CT molecular complexity index is 1020. The average molecular weight is 403 g/mol. The maximum atomic E-state index is 3.27. The first-order chi connectivity index (χ1) is 13.9. The number of fused-ring (bicyclic) bond motifs is 1. The molecular formula is C26H30N2S. The summed E-state index contributed by atoms with van der Waals surface area (Å²) < 4.78 is 0. The molecule has 2 aromatic carbocycles. The Balaban J connectivity index is 1.78. The SMILES string of the molecule is C/C=C(/C=C/C(C)=C/C=C1\Sc2cc(C)c(C)cc2N1C)c1ccccc1NC. The average Bonchev–Trinajstić information content (AvgIpc) is 3.02. The number of allylic oxidation sites excluding steroid dienone is 7. The van der Waals surface area contributed by atoms with Crippen LogP contribution >= 0.6 is 11.8 Å². The number of para-hydroxylation sites is 1. The summed E-state index contributed by atoms with van der Waals surface area (Å²) in [5.41, 5.74) is 8.77. The fourth-order valence-corrected chi connectivity index (χ4v) is 4.47. The van der Waals surface area contributed by atoms with Crippen LogP contribution in [0.3, 0.4) is 0 Å². The lowest BCUT2D eigenvalue weighted by Crippen LogP contribution is -2.09. The second-order valence-corrected chi connectivity index (χ2v) is 8.42. The quantitative estimate of drug-likeness (QED) is 0.527. The van der Waals surface area contributed by atoms with Crippen molar-refractivity contribution in [2.45, 2.75) is 32.6 Å². The summed E-state index contributed by atoms with van der Waals surface area (Å²) in [5, 5.41) is 4.53. The van der Waals surface area contributed by atoms with Gasteiger partial charge >= 0.3 is 0 Å². The molecule has 2 aromatic rings. The van der Waals surface area contributed by atoms with Crippen molar-refractivity contribution in [3.63, 3.8) is 0 Å². The van der Waals surface area contributed by atoms with Gasteiger partial charge in [0.2, 0.25) is 0 Å². The number of hydrogen-bond acceptors (Lipinski definition) is 3.